The van der Waals surface area contributed by atoms with Crippen LogP contribution in [-0.4, -0.2) is 26.3 Å². The Balaban J connectivity index is 3.40. The lowest BCUT2D eigenvalue weighted by Gasteiger charge is -2.23. The van der Waals surface area contributed by atoms with Crippen LogP contribution in [-0.2, 0) is 4.74 Å². The van der Waals surface area contributed by atoms with E-state index < -0.39 is 0 Å². The number of hydrogen-bond donors (Lipinski definition) is 1. The van der Waals surface area contributed by atoms with E-state index in [1.807, 2.05) is 0 Å². The van der Waals surface area contributed by atoms with Crippen molar-refractivity contribution in [1.82, 2.24) is 5.32 Å². The van der Waals surface area contributed by atoms with Crippen LogP contribution in [0.1, 0.15) is 40.5 Å². The average Bonchev–Trinajstić information content (AvgIpc) is 2.20. The summed E-state index contributed by atoms with van der Waals surface area (Å²) in [6, 6.07) is 2.19. The normalized spacial score (nSPS) is 11.8. The predicted octanol–water partition coefficient (Wildman–Crippen LogP) is 2.58. The second kappa shape index (κ2) is 8.55. The van der Waals surface area contributed by atoms with E-state index in [1.54, 1.807) is 0 Å². The van der Waals surface area contributed by atoms with Crippen LogP contribution < -0.4 is 5.32 Å². The van der Waals surface area contributed by atoms with Gasteiger partial charge in [-0.25, -0.2) is 0 Å². The molecule has 1 N–H and O–H groups in total. The molecule has 0 unspecified atom stereocenters. The Labute approximate surface area is 100 Å². The Kier molecular flexibility index (Phi) is 8.23. The maximum atomic E-state index is 8.53. The van der Waals surface area contributed by atoms with Gasteiger partial charge in [0.1, 0.15) is 0 Å². The molecule has 0 fully saturated rings. The third kappa shape index (κ3) is 9.95. The quantitative estimate of drug-likeness (QED) is 0.615. The van der Waals surface area contributed by atoms with Crippen molar-refractivity contribution in [3.63, 3.8) is 0 Å². The highest BCUT2D eigenvalue weighted by Crippen LogP contribution is 2.20. The molecule has 0 heterocycles. The van der Waals surface area contributed by atoms with Crippen LogP contribution in [0.2, 0.25) is 0 Å². The first-order valence-electron chi connectivity index (χ1n) is 6.13. The first-order valence-corrected chi connectivity index (χ1v) is 6.13. The monoisotopic (exact) mass is 226 g/mol. The fourth-order valence-electron chi connectivity index (χ4n) is 1.37. The van der Waals surface area contributed by atoms with Crippen molar-refractivity contribution in [2.45, 2.75) is 40.5 Å². The maximum absolute atomic E-state index is 8.53. The highest BCUT2D eigenvalue weighted by atomic mass is 16.5. The zero-order chi connectivity index (χ0) is 12.4. The molecule has 0 amide bonds. The van der Waals surface area contributed by atoms with Gasteiger partial charge in [-0.05, 0) is 17.8 Å². The molecule has 0 saturated carbocycles. The number of nitriles is 1. The minimum atomic E-state index is 0.202. The number of hydrogen-bond acceptors (Lipinski definition) is 3. The molecule has 0 aromatic rings. The molecular formula is C13H26N2O. The summed E-state index contributed by atoms with van der Waals surface area (Å²) < 4.78 is 5.48. The van der Waals surface area contributed by atoms with Crippen molar-refractivity contribution in [2.24, 2.45) is 11.3 Å². The van der Waals surface area contributed by atoms with E-state index in [0.29, 0.717) is 12.3 Å². The van der Waals surface area contributed by atoms with E-state index in [9.17, 15) is 0 Å². The minimum Gasteiger partial charge on any atom is -0.380 e. The molecule has 0 aromatic heterocycles. The molecule has 0 aromatic carbocycles. The topological polar surface area (TPSA) is 45.0 Å². The Morgan fingerprint density at radius 2 is 2.06 bits per heavy atom. The molecular weight excluding hydrogens is 200 g/mol. The number of nitrogens with zero attached hydrogens (tertiary/aromatic N) is 1. The van der Waals surface area contributed by atoms with E-state index in [-0.39, 0.29) is 5.41 Å². The van der Waals surface area contributed by atoms with Crippen LogP contribution in [0.15, 0.2) is 0 Å². The summed E-state index contributed by atoms with van der Waals surface area (Å²) in [6.45, 7) is 12.1. The zero-order valence-electron chi connectivity index (χ0n) is 11.2. The zero-order valence-corrected chi connectivity index (χ0v) is 11.2. The fourth-order valence-corrected chi connectivity index (χ4v) is 1.37. The third-order valence-electron chi connectivity index (χ3n) is 2.39. The van der Waals surface area contributed by atoms with Crippen molar-refractivity contribution in [2.75, 3.05) is 26.3 Å². The van der Waals surface area contributed by atoms with Gasteiger partial charge in [-0.15, -0.1) is 0 Å². The summed E-state index contributed by atoms with van der Waals surface area (Å²) in [5, 5.41) is 11.9. The first kappa shape index (κ1) is 15.4. The first-order chi connectivity index (χ1) is 7.48. The van der Waals surface area contributed by atoms with Gasteiger partial charge < -0.3 is 10.1 Å². The van der Waals surface area contributed by atoms with Crippen molar-refractivity contribution in [1.29, 1.82) is 5.26 Å². The van der Waals surface area contributed by atoms with Crippen molar-refractivity contribution in [3.8, 4) is 6.07 Å². The largest absolute Gasteiger partial charge is 0.380 e. The molecule has 94 valence electrons. The van der Waals surface area contributed by atoms with E-state index in [0.717, 1.165) is 32.7 Å². The van der Waals surface area contributed by atoms with Gasteiger partial charge in [-0.1, -0.05) is 27.7 Å². The molecule has 0 aliphatic rings. The number of ether oxygens (including phenoxy) is 1. The van der Waals surface area contributed by atoms with E-state index in [1.165, 1.54) is 0 Å². The summed E-state index contributed by atoms with van der Waals surface area (Å²) in [4.78, 5) is 0. The van der Waals surface area contributed by atoms with Crippen LogP contribution in [0.3, 0.4) is 0 Å². The summed E-state index contributed by atoms with van der Waals surface area (Å²) >= 11 is 0. The van der Waals surface area contributed by atoms with Crippen LogP contribution in [0.5, 0.6) is 0 Å². The van der Waals surface area contributed by atoms with Gasteiger partial charge in [0.15, 0.2) is 0 Å². The SMILES string of the molecule is CC(C)COCCNCC(C)(C)CCC#N. The van der Waals surface area contributed by atoms with Crippen molar-refractivity contribution >= 4 is 0 Å². The maximum Gasteiger partial charge on any atom is 0.0621 e. The number of nitrogens with one attached hydrogen (secondary N) is 1. The van der Waals surface area contributed by atoms with Crippen molar-refractivity contribution < 1.29 is 4.74 Å². The van der Waals surface area contributed by atoms with Crippen LogP contribution >= 0.6 is 0 Å². The average molecular weight is 226 g/mol. The van der Waals surface area contributed by atoms with Gasteiger partial charge in [-0.3, -0.25) is 0 Å². The number of rotatable bonds is 9. The molecule has 3 nitrogen and oxygen atoms in total. The fraction of sp³-hybridized carbons (Fsp3) is 0.923. The Hall–Kier alpha value is -0.590. The predicted molar refractivity (Wildman–Crippen MR) is 67.2 cm³/mol. The van der Waals surface area contributed by atoms with Crippen molar-refractivity contribution in [3.05, 3.63) is 0 Å². The van der Waals surface area contributed by atoms with Gasteiger partial charge in [-0.2, -0.15) is 5.26 Å². The van der Waals surface area contributed by atoms with Gasteiger partial charge in [0.2, 0.25) is 0 Å². The molecule has 0 rings (SSSR count). The molecule has 0 radical (unpaired) electrons. The lowest BCUT2D eigenvalue weighted by Crippen LogP contribution is -2.31. The van der Waals surface area contributed by atoms with E-state index in [4.69, 9.17) is 10.00 Å². The second-order valence-electron chi connectivity index (χ2n) is 5.47. The molecule has 0 saturated heterocycles. The molecule has 0 atom stereocenters. The highest BCUT2D eigenvalue weighted by molar-refractivity contribution is 4.78. The van der Waals surface area contributed by atoms with Gasteiger partial charge in [0.25, 0.3) is 0 Å². The van der Waals surface area contributed by atoms with Gasteiger partial charge >= 0.3 is 0 Å². The molecule has 0 aliphatic carbocycles. The summed E-state index contributed by atoms with van der Waals surface area (Å²) in [6.07, 6.45) is 1.59. The minimum absolute atomic E-state index is 0.202. The summed E-state index contributed by atoms with van der Waals surface area (Å²) in [5.74, 6) is 0.604. The molecule has 16 heavy (non-hydrogen) atoms. The third-order valence-corrected chi connectivity index (χ3v) is 2.39. The smallest absolute Gasteiger partial charge is 0.0621 e. The van der Waals surface area contributed by atoms with Gasteiger partial charge in [0.05, 0.1) is 12.7 Å². The highest BCUT2D eigenvalue weighted by Gasteiger charge is 2.16. The van der Waals surface area contributed by atoms with E-state index >= 15 is 0 Å². The molecule has 0 spiro atoms. The molecule has 3 heteroatoms. The Morgan fingerprint density at radius 1 is 1.38 bits per heavy atom. The van der Waals surface area contributed by atoms with Crippen LogP contribution in [0.25, 0.3) is 0 Å². The lowest BCUT2D eigenvalue weighted by molar-refractivity contribution is 0.110. The molecule has 0 bridgehead atoms. The standard InChI is InChI=1S/C13H26N2O/c1-12(2)10-16-9-8-15-11-13(3,4)6-5-7-14/h12,15H,5-6,8-11H2,1-4H3. The second-order valence-corrected chi connectivity index (χ2v) is 5.47. The summed E-state index contributed by atoms with van der Waals surface area (Å²) in [7, 11) is 0. The lowest BCUT2D eigenvalue weighted by atomic mass is 9.88. The van der Waals surface area contributed by atoms with Crippen LogP contribution in [0.4, 0.5) is 0 Å². The van der Waals surface area contributed by atoms with Crippen LogP contribution in [0, 0.1) is 22.7 Å². The summed E-state index contributed by atoms with van der Waals surface area (Å²) in [5.41, 5.74) is 0.202. The Bertz CT molecular complexity index is 206. The Morgan fingerprint density at radius 3 is 2.62 bits per heavy atom. The van der Waals surface area contributed by atoms with Gasteiger partial charge in [0, 0.05) is 26.1 Å². The van der Waals surface area contributed by atoms with E-state index in [2.05, 4.69) is 39.1 Å². The molecule has 0 aliphatic heterocycles.